The Labute approximate surface area is 170 Å². The fourth-order valence-electron chi connectivity index (χ4n) is 2.71. The number of hydrogen-bond acceptors (Lipinski definition) is 7. The number of rotatable bonds is 6. The summed E-state index contributed by atoms with van der Waals surface area (Å²) >= 11 is 5.81. The maximum atomic E-state index is 14.2. The first-order valence-electron chi connectivity index (χ1n) is 8.56. The molecule has 4 rings (SSSR count). The molecule has 2 aromatic carbocycles. The lowest BCUT2D eigenvalue weighted by Crippen LogP contribution is -2.02. The number of benzene rings is 2. The van der Waals surface area contributed by atoms with E-state index in [4.69, 9.17) is 21.1 Å². The summed E-state index contributed by atoms with van der Waals surface area (Å²) in [6, 6.07) is 9.60. The third-order valence-corrected chi connectivity index (χ3v) is 4.36. The Morgan fingerprint density at radius 2 is 1.93 bits per heavy atom. The molecule has 29 heavy (non-hydrogen) atoms. The van der Waals surface area contributed by atoms with E-state index < -0.39 is 5.82 Å². The molecule has 0 aliphatic heterocycles. The van der Waals surface area contributed by atoms with Gasteiger partial charge in [-0.05, 0) is 30.3 Å². The van der Waals surface area contributed by atoms with Crippen LogP contribution < -0.4 is 14.8 Å². The molecule has 4 aromatic rings. The molecule has 146 valence electrons. The zero-order valence-corrected chi connectivity index (χ0v) is 16.0. The summed E-state index contributed by atoms with van der Waals surface area (Å²) in [7, 11) is 1.54. The van der Waals surface area contributed by atoms with E-state index in [2.05, 4.69) is 25.3 Å². The van der Waals surface area contributed by atoms with Crippen LogP contribution in [0, 0.1) is 5.82 Å². The Morgan fingerprint density at radius 1 is 1.03 bits per heavy atom. The molecule has 1 N–H and O–H groups in total. The van der Waals surface area contributed by atoms with Crippen molar-refractivity contribution in [3.63, 3.8) is 0 Å². The van der Waals surface area contributed by atoms with Gasteiger partial charge in [-0.25, -0.2) is 24.3 Å². The lowest BCUT2D eigenvalue weighted by Gasteiger charge is -2.14. The van der Waals surface area contributed by atoms with Crippen LogP contribution in [0.15, 0.2) is 55.2 Å². The van der Waals surface area contributed by atoms with E-state index in [1.54, 1.807) is 36.5 Å². The molecule has 9 heteroatoms. The van der Waals surface area contributed by atoms with Crippen LogP contribution in [0.25, 0.3) is 10.9 Å². The zero-order valence-electron chi connectivity index (χ0n) is 15.3. The highest BCUT2D eigenvalue weighted by Gasteiger charge is 2.13. The number of methoxy groups -OCH3 is 1. The second kappa shape index (κ2) is 8.24. The summed E-state index contributed by atoms with van der Waals surface area (Å²) in [6.45, 7) is 0.247. The van der Waals surface area contributed by atoms with Crippen LogP contribution in [0.1, 0.15) is 5.69 Å². The van der Waals surface area contributed by atoms with Gasteiger partial charge in [0.1, 0.15) is 30.9 Å². The van der Waals surface area contributed by atoms with Crippen molar-refractivity contribution in [3.8, 4) is 11.5 Å². The second-order valence-electron chi connectivity index (χ2n) is 5.98. The van der Waals surface area contributed by atoms with Gasteiger partial charge in [-0.1, -0.05) is 11.6 Å². The van der Waals surface area contributed by atoms with E-state index in [9.17, 15) is 4.39 Å². The summed E-state index contributed by atoms with van der Waals surface area (Å²) in [5.74, 6) is 0.930. The molecule has 2 heterocycles. The minimum atomic E-state index is -0.485. The highest BCUT2D eigenvalue weighted by atomic mass is 35.5. The van der Waals surface area contributed by atoms with Gasteiger partial charge in [0, 0.05) is 22.7 Å². The number of aromatic nitrogens is 4. The van der Waals surface area contributed by atoms with Gasteiger partial charge in [0.25, 0.3) is 0 Å². The number of nitrogens with one attached hydrogen (secondary N) is 1. The smallest absolute Gasteiger partial charge is 0.163 e. The third-order valence-electron chi connectivity index (χ3n) is 4.12. The van der Waals surface area contributed by atoms with Gasteiger partial charge in [0.2, 0.25) is 0 Å². The quantitative estimate of drug-likeness (QED) is 0.498. The zero-order chi connectivity index (χ0) is 20.2. The minimum Gasteiger partial charge on any atom is -0.493 e. The first-order valence-corrected chi connectivity index (χ1v) is 8.94. The Morgan fingerprint density at radius 3 is 2.69 bits per heavy atom. The molecule has 7 nitrogen and oxygen atoms in total. The monoisotopic (exact) mass is 411 g/mol. The van der Waals surface area contributed by atoms with Gasteiger partial charge >= 0.3 is 0 Å². The number of fused-ring (bicyclic) bond motifs is 1. The Kier molecular flexibility index (Phi) is 5.35. The summed E-state index contributed by atoms with van der Waals surface area (Å²) < 4.78 is 25.5. The number of ether oxygens (including phenoxy) is 2. The molecule has 0 spiro atoms. The fraction of sp³-hybridized carbons (Fsp3) is 0.100. The van der Waals surface area contributed by atoms with E-state index in [0.717, 1.165) is 5.69 Å². The maximum absolute atomic E-state index is 14.2. The molecule has 0 aliphatic rings. The third kappa shape index (κ3) is 4.17. The van der Waals surface area contributed by atoms with Crippen LogP contribution in [0.5, 0.6) is 11.5 Å². The first-order chi connectivity index (χ1) is 14.1. The first kappa shape index (κ1) is 18.8. The van der Waals surface area contributed by atoms with Gasteiger partial charge in [-0.15, -0.1) is 0 Å². The fourth-order valence-corrected chi connectivity index (χ4v) is 2.87. The number of anilines is 2. The number of hydrogen-bond donors (Lipinski definition) is 1. The molecular formula is C20H15ClFN5O2. The van der Waals surface area contributed by atoms with Crippen molar-refractivity contribution in [2.45, 2.75) is 6.61 Å². The van der Waals surface area contributed by atoms with Gasteiger partial charge in [0.05, 0.1) is 24.0 Å². The molecule has 0 fully saturated rings. The predicted octanol–water partition coefficient (Wildman–Crippen LogP) is 4.54. The molecule has 0 radical (unpaired) electrons. The average molecular weight is 412 g/mol. The molecule has 0 saturated heterocycles. The number of nitrogens with zero attached hydrogens (tertiary/aromatic N) is 4. The Balaban J connectivity index is 1.67. The van der Waals surface area contributed by atoms with Crippen LogP contribution in [0.2, 0.25) is 5.02 Å². The molecule has 0 aliphatic carbocycles. The lowest BCUT2D eigenvalue weighted by molar-refractivity contribution is 0.281. The van der Waals surface area contributed by atoms with Crippen molar-refractivity contribution >= 4 is 34.0 Å². The van der Waals surface area contributed by atoms with E-state index in [-0.39, 0.29) is 12.3 Å². The van der Waals surface area contributed by atoms with E-state index >= 15 is 0 Å². The molecule has 0 unspecified atom stereocenters. The van der Waals surface area contributed by atoms with Crippen molar-refractivity contribution in [1.29, 1.82) is 0 Å². The normalized spacial score (nSPS) is 10.7. The van der Waals surface area contributed by atoms with Crippen molar-refractivity contribution in [3.05, 3.63) is 71.8 Å². The van der Waals surface area contributed by atoms with E-state index in [0.29, 0.717) is 33.2 Å². The number of halogens is 2. The summed E-state index contributed by atoms with van der Waals surface area (Å²) in [4.78, 5) is 16.5. The van der Waals surface area contributed by atoms with Crippen LogP contribution >= 0.6 is 11.6 Å². The molecule has 0 amide bonds. The van der Waals surface area contributed by atoms with Gasteiger partial charge in [-0.2, -0.15) is 0 Å². The van der Waals surface area contributed by atoms with Crippen molar-refractivity contribution in [1.82, 2.24) is 19.9 Å². The average Bonchev–Trinajstić information content (AvgIpc) is 2.74. The SMILES string of the molecule is COc1cc2c(Nc3ccc(Cl)cc3F)ncnc2cc1OCc1ccncn1. The van der Waals surface area contributed by atoms with Crippen molar-refractivity contribution in [2.75, 3.05) is 12.4 Å². The second-order valence-corrected chi connectivity index (χ2v) is 6.42. The summed E-state index contributed by atoms with van der Waals surface area (Å²) in [5.41, 5.74) is 1.58. The van der Waals surface area contributed by atoms with Gasteiger partial charge < -0.3 is 14.8 Å². The summed E-state index contributed by atoms with van der Waals surface area (Å²) in [6.07, 6.45) is 4.49. The van der Waals surface area contributed by atoms with Crippen molar-refractivity contribution in [2.24, 2.45) is 0 Å². The maximum Gasteiger partial charge on any atom is 0.163 e. The van der Waals surface area contributed by atoms with Gasteiger partial charge in [-0.3, -0.25) is 0 Å². The van der Waals surface area contributed by atoms with Crippen LogP contribution in [-0.2, 0) is 6.61 Å². The van der Waals surface area contributed by atoms with Crippen LogP contribution in [0.4, 0.5) is 15.9 Å². The molecule has 2 aromatic heterocycles. The lowest BCUT2D eigenvalue weighted by atomic mass is 10.2. The summed E-state index contributed by atoms with van der Waals surface area (Å²) in [5, 5.41) is 3.93. The molecule has 0 atom stereocenters. The van der Waals surface area contributed by atoms with Crippen LogP contribution in [0.3, 0.4) is 0 Å². The Bertz CT molecular complexity index is 1160. The van der Waals surface area contributed by atoms with E-state index in [1.807, 2.05) is 0 Å². The molecule has 0 bridgehead atoms. The molecule has 0 saturated carbocycles. The highest BCUT2D eigenvalue weighted by Crippen LogP contribution is 2.35. The Hall–Kier alpha value is -3.52. The van der Waals surface area contributed by atoms with Crippen molar-refractivity contribution < 1.29 is 13.9 Å². The largest absolute Gasteiger partial charge is 0.493 e. The topological polar surface area (TPSA) is 82.0 Å². The van der Waals surface area contributed by atoms with E-state index in [1.165, 1.54) is 25.8 Å². The predicted molar refractivity (Wildman–Crippen MR) is 107 cm³/mol. The van der Waals surface area contributed by atoms with Gasteiger partial charge in [0.15, 0.2) is 11.5 Å². The standard InChI is InChI=1S/C20H15ClFN5O2/c1-28-18-7-14-17(8-19(18)29-9-13-4-5-23-10-24-13)25-11-26-20(14)27-16-3-2-12(21)6-15(16)22/h2-8,10-11H,9H2,1H3,(H,25,26,27). The van der Waals surface area contributed by atoms with Crippen LogP contribution in [-0.4, -0.2) is 27.0 Å². The molecular weight excluding hydrogens is 397 g/mol. The minimum absolute atomic E-state index is 0.247. The highest BCUT2D eigenvalue weighted by molar-refractivity contribution is 6.30.